The van der Waals surface area contributed by atoms with Gasteiger partial charge in [-0.2, -0.15) is 0 Å². The molecule has 0 saturated carbocycles. The Labute approximate surface area is 74.0 Å². The molecular weight excluding hydrogens is 150 g/mol. The predicted molar refractivity (Wildman–Crippen MR) is 49.8 cm³/mol. The highest BCUT2D eigenvalue weighted by Gasteiger charge is 2.18. The lowest BCUT2D eigenvalue weighted by Gasteiger charge is -2.20. The maximum atomic E-state index is 11.5. The van der Waals surface area contributed by atoms with Gasteiger partial charge in [0.2, 0.25) is 5.91 Å². The molecule has 0 aliphatic heterocycles. The van der Waals surface area contributed by atoms with Crippen LogP contribution in [0.2, 0.25) is 0 Å². The topological polar surface area (TPSA) is 29.1 Å². The molecule has 0 unspecified atom stereocenters. The summed E-state index contributed by atoms with van der Waals surface area (Å²) in [7, 11) is 0. The smallest absolute Gasteiger partial charge is 0.247 e. The van der Waals surface area contributed by atoms with Crippen molar-refractivity contribution in [2.75, 3.05) is 0 Å². The molecule has 1 N–H and O–H groups in total. The van der Waals surface area contributed by atoms with Crippen LogP contribution in [0.25, 0.3) is 0 Å². The minimum absolute atomic E-state index is 0.111. The highest BCUT2D eigenvalue weighted by atomic mass is 16.1. The Hall–Kier alpha value is -0.790. The van der Waals surface area contributed by atoms with Crippen LogP contribution in [-0.4, -0.2) is 11.4 Å². The van der Waals surface area contributed by atoms with Crippen LogP contribution < -0.4 is 5.32 Å². The molecule has 0 aromatic carbocycles. The van der Waals surface area contributed by atoms with E-state index < -0.39 is 0 Å². The maximum Gasteiger partial charge on any atom is 0.247 e. The number of carbonyl (C=O) groups is 1. The van der Waals surface area contributed by atoms with Crippen molar-refractivity contribution >= 4 is 5.91 Å². The first kappa shape index (κ1) is 9.30. The van der Waals surface area contributed by atoms with Gasteiger partial charge in [-0.15, -0.1) is 0 Å². The molecule has 2 heteroatoms. The van der Waals surface area contributed by atoms with E-state index in [0.29, 0.717) is 0 Å². The molecule has 2 nitrogen and oxygen atoms in total. The quantitative estimate of drug-likeness (QED) is 0.636. The molecule has 0 aromatic rings. The van der Waals surface area contributed by atoms with Crippen LogP contribution in [0.4, 0.5) is 0 Å². The summed E-state index contributed by atoms with van der Waals surface area (Å²) in [5, 5.41) is 2.95. The van der Waals surface area contributed by atoms with Gasteiger partial charge >= 0.3 is 0 Å². The molecule has 1 amide bonds. The lowest BCUT2D eigenvalue weighted by molar-refractivity contribution is -0.118. The molecule has 0 spiro atoms. The lowest BCUT2D eigenvalue weighted by Crippen LogP contribution is -2.41. The van der Waals surface area contributed by atoms with Crippen LogP contribution in [0, 0.1) is 0 Å². The van der Waals surface area contributed by atoms with E-state index in [9.17, 15) is 4.79 Å². The number of carbonyl (C=O) groups excluding carboxylic acids is 1. The molecule has 12 heavy (non-hydrogen) atoms. The van der Waals surface area contributed by atoms with Crippen molar-refractivity contribution in [1.82, 2.24) is 5.32 Å². The van der Waals surface area contributed by atoms with Gasteiger partial charge in [0.1, 0.15) is 0 Å². The number of amides is 1. The molecule has 1 aliphatic carbocycles. The van der Waals surface area contributed by atoms with Crippen molar-refractivity contribution in [1.29, 1.82) is 0 Å². The normalized spacial score (nSPS) is 17.4. The van der Waals surface area contributed by atoms with Gasteiger partial charge in [0.15, 0.2) is 0 Å². The van der Waals surface area contributed by atoms with Gasteiger partial charge < -0.3 is 5.32 Å². The molecule has 1 aliphatic rings. The highest BCUT2D eigenvalue weighted by molar-refractivity contribution is 5.94. The monoisotopic (exact) mass is 167 g/mol. The lowest BCUT2D eigenvalue weighted by atomic mass is 10.1. The van der Waals surface area contributed by atoms with Gasteiger partial charge in [-0.25, -0.2) is 0 Å². The Bertz CT molecular complexity index is 210. The molecule has 0 saturated heterocycles. The summed E-state index contributed by atoms with van der Waals surface area (Å²) in [5.41, 5.74) is 0.852. The fraction of sp³-hybridized carbons (Fsp3) is 0.700. The van der Waals surface area contributed by atoms with E-state index in [0.717, 1.165) is 24.8 Å². The second-order valence-electron chi connectivity index (χ2n) is 4.33. The number of hydrogen-bond acceptors (Lipinski definition) is 1. The zero-order chi connectivity index (χ0) is 9.19. The summed E-state index contributed by atoms with van der Waals surface area (Å²) in [6.45, 7) is 6.00. The minimum atomic E-state index is -0.111. The number of nitrogens with one attached hydrogen (secondary N) is 1. The second-order valence-corrected chi connectivity index (χ2v) is 4.33. The Morgan fingerprint density at radius 2 is 2.17 bits per heavy atom. The fourth-order valence-electron chi connectivity index (χ4n) is 1.30. The Kier molecular flexibility index (Phi) is 2.55. The molecule has 68 valence electrons. The van der Waals surface area contributed by atoms with E-state index in [4.69, 9.17) is 0 Å². The van der Waals surface area contributed by atoms with Crippen molar-refractivity contribution in [2.45, 2.75) is 45.6 Å². The molecule has 0 atom stereocenters. The first-order valence-corrected chi connectivity index (χ1v) is 4.50. The Balaban J connectivity index is 2.49. The van der Waals surface area contributed by atoms with E-state index in [1.165, 1.54) is 0 Å². The third kappa shape index (κ3) is 2.68. The van der Waals surface area contributed by atoms with Crippen molar-refractivity contribution in [2.24, 2.45) is 0 Å². The molecular formula is C10H17NO. The van der Waals surface area contributed by atoms with Crippen LogP contribution >= 0.6 is 0 Å². The molecule has 0 bridgehead atoms. The fourth-order valence-corrected chi connectivity index (χ4v) is 1.30. The summed E-state index contributed by atoms with van der Waals surface area (Å²) < 4.78 is 0. The van der Waals surface area contributed by atoms with Crippen LogP contribution in [0.15, 0.2) is 11.6 Å². The van der Waals surface area contributed by atoms with Crippen molar-refractivity contribution in [3.05, 3.63) is 11.6 Å². The van der Waals surface area contributed by atoms with Gasteiger partial charge in [0, 0.05) is 11.1 Å². The van der Waals surface area contributed by atoms with Gasteiger partial charge in [0.05, 0.1) is 0 Å². The zero-order valence-electron chi connectivity index (χ0n) is 8.11. The van der Waals surface area contributed by atoms with Gasteiger partial charge in [-0.1, -0.05) is 6.08 Å². The summed E-state index contributed by atoms with van der Waals surface area (Å²) in [6, 6.07) is 0. The zero-order valence-corrected chi connectivity index (χ0v) is 8.11. The van der Waals surface area contributed by atoms with Gasteiger partial charge in [-0.3, -0.25) is 4.79 Å². The second kappa shape index (κ2) is 3.30. The minimum Gasteiger partial charge on any atom is -0.348 e. The number of hydrogen-bond donors (Lipinski definition) is 1. The summed E-state index contributed by atoms with van der Waals surface area (Å²) in [5.74, 6) is 0.111. The highest BCUT2D eigenvalue weighted by Crippen LogP contribution is 2.18. The molecule has 0 heterocycles. The molecule has 0 radical (unpaired) electrons. The number of rotatable bonds is 1. The van der Waals surface area contributed by atoms with Gasteiger partial charge in [-0.05, 0) is 40.0 Å². The van der Waals surface area contributed by atoms with E-state index >= 15 is 0 Å². The Morgan fingerprint density at radius 3 is 2.58 bits per heavy atom. The van der Waals surface area contributed by atoms with Crippen molar-refractivity contribution < 1.29 is 4.79 Å². The van der Waals surface area contributed by atoms with Crippen LogP contribution in [0.1, 0.15) is 40.0 Å². The van der Waals surface area contributed by atoms with Crippen LogP contribution in [0.5, 0.6) is 0 Å². The number of allylic oxidation sites excluding steroid dienone is 1. The van der Waals surface area contributed by atoms with Crippen LogP contribution in [-0.2, 0) is 4.79 Å². The van der Waals surface area contributed by atoms with Crippen molar-refractivity contribution in [3.8, 4) is 0 Å². The largest absolute Gasteiger partial charge is 0.348 e. The summed E-state index contributed by atoms with van der Waals surface area (Å²) in [6.07, 6.45) is 5.18. The molecule has 0 fully saturated rings. The average Bonchev–Trinajstić information content (AvgIpc) is 2.32. The summed E-state index contributed by atoms with van der Waals surface area (Å²) >= 11 is 0. The average molecular weight is 167 g/mol. The van der Waals surface area contributed by atoms with E-state index in [1.54, 1.807) is 0 Å². The van der Waals surface area contributed by atoms with Crippen molar-refractivity contribution in [3.63, 3.8) is 0 Å². The first-order chi connectivity index (χ1) is 5.49. The third-order valence-electron chi connectivity index (χ3n) is 1.82. The third-order valence-corrected chi connectivity index (χ3v) is 1.82. The maximum absolute atomic E-state index is 11.5. The molecule has 0 aromatic heterocycles. The van der Waals surface area contributed by atoms with E-state index in [1.807, 2.05) is 26.8 Å². The van der Waals surface area contributed by atoms with E-state index in [2.05, 4.69) is 5.32 Å². The first-order valence-electron chi connectivity index (χ1n) is 4.50. The van der Waals surface area contributed by atoms with Crippen LogP contribution in [0.3, 0.4) is 0 Å². The Morgan fingerprint density at radius 1 is 1.50 bits per heavy atom. The van der Waals surface area contributed by atoms with Gasteiger partial charge in [0.25, 0.3) is 0 Å². The van der Waals surface area contributed by atoms with E-state index in [-0.39, 0.29) is 11.4 Å². The molecule has 1 rings (SSSR count). The standard InChI is InChI=1S/C10H17NO/c1-10(2,3)11-9(12)8-6-4-5-7-8/h6H,4-5,7H2,1-3H3,(H,11,12). The summed E-state index contributed by atoms with van der Waals surface area (Å²) in [4.78, 5) is 11.5. The predicted octanol–water partition coefficient (Wildman–Crippen LogP) is 2.01. The SMILES string of the molecule is CC(C)(C)NC(=O)C1=CCCC1.